The Balaban J connectivity index is 0. The maximum atomic E-state index is 4.49. The molecule has 2 heterocycles. The summed E-state index contributed by atoms with van der Waals surface area (Å²) in [6.07, 6.45) is 4.51. The van der Waals surface area contributed by atoms with Crippen molar-refractivity contribution >= 4 is 16.6 Å². The molecule has 0 saturated carbocycles. The normalized spacial score (nSPS) is 11.6. The Hall–Kier alpha value is -1.57. The summed E-state index contributed by atoms with van der Waals surface area (Å²) in [6.45, 7) is 20.5. The van der Waals surface area contributed by atoms with Crippen LogP contribution in [0.5, 0.6) is 0 Å². The van der Waals surface area contributed by atoms with Gasteiger partial charge in [-0.05, 0) is 43.5 Å². The van der Waals surface area contributed by atoms with Gasteiger partial charge >= 0.3 is 0 Å². The summed E-state index contributed by atoms with van der Waals surface area (Å²) in [6, 6.07) is 8.64. The molecule has 1 aliphatic heterocycles. The van der Waals surface area contributed by atoms with E-state index in [1.54, 1.807) is 0 Å². The molecule has 0 bridgehead atoms. The Labute approximate surface area is 151 Å². The van der Waals surface area contributed by atoms with Crippen molar-refractivity contribution in [2.24, 2.45) is 0 Å². The fourth-order valence-corrected chi connectivity index (χ4v) is 2.53. The van der Waals surface area contributed by atoms with E-state index in [1.165, 1.54) is 42.6 Å². The first-order valence-electron chi connectivity index (χ1n) is 9.95. The van der Waals surface area contributed by atoms with Crippen molar-refractivity contribution in [2.45, 2.75) is 75.2 Å². The lowest BCUT2D eigenvalue weighted by atomic mass is 10.1. The molecule has 0 atom stereocenters. The number of pyridine rings is 1. The number of hydrogen-bond donors (Lipinski definition) is 0. The first kappa shape index (κ1) is 24.7. The van der Waals surface area contributed by atoms with E-state index in [0.29, 0.717) is 0 Å². The van der Waals surface area contributed by atoms with Gasteiger partial charge in [0, 0.05) is 30.4 Å². The predicted octanol–water partition coefficient (Wildman–Crippen LogP) is 7.25. The molecular weight excluding hydrogens is 292 g/mol. The molecule has 1 aromatic carbocycles. The van der Waals surface area contributed by atoms with Crippen LogP contribution in [0.3, 0.4) is 0 Å². The van der Waals surface area contributed by atoms with Crippen LogP contribution in [0.1, 0.15) is 73.8 Å². The molecule has 3 rings (SSSR count). The zero-order valence-electron chi connectivity index (χ0n) is 17.6. The number of anilines is 1. The van der Waals surface area contributed by atoms with E-state index >= 15 is 0 Å². The molecule has 0 aliphatic carbocycles. The van der Waals surface area contributed by atoms with Gasteiger partial charge in [-0.15, -0.1) is 0 Å². The Bertz CT molecular complexity index is 514. The lowest BCUT2D eigenvalue weighted by molar-refractivity contribution is 0.949. The largest absolute Gasteiger partial charge is 0.371 e. The number of aromatic nitrogens is 1. The van der Waals surface area contributed by atoms with Crippen LogP contribution in [0.4, 0.5) is 5.69 Å². The van der Waals surface area contributed by atoms with Crippen LogP contribution < -0.4 is 4.90 Å². The lowest BCUT2D eigenvalue weighted by Crippen LogP contribution is -2.17. The van der Waals surface area contributed by atoms with Crippen molar-refractivity contribution < 1.29 is 0 Å². The average molecular weight is 333 g/mol. The molecule has 0 amide bonds. The quantitative estimate of drug-likeness (QED) is 0.546. The third kappa shape index (κ3) is 6.90. The molecule has 0 spiro atoms. The average Bonchev–Trinajstić information content (AvgIpc) is 3.23. The molecule has 138 valence electrons. The minimum Gasteiger partial charge on any atom is -0.371 e. The van der Waals surface area contributed by atoms with Crippen LogP contribution in [0.15, 0.2) is 30.5 Å². The Morgan fingerprint density at radius 1 is 0.792 bits per heavy atom. The second-order valence-electron chi connectivity index (χ2n) is 4.50. The van der Waals surface area contributed by atoms with Gasteiger partial charge in [-0.25, -0.2) is 0 Å². The summed E-state index contributed by atoms with van der Waals surface area (Å²) in [5.41, 5.74) is 3.76. The number of hydrogen-bond acceptors (Lipinski definition) is 2. The summed E-state index contributed by atoms with van der Waals surface area (Å²) in [5, 5.41) is 1.30. The van der Waals surface area contributed by atoms with E-state index in [2.05, 4.69) is 35.0 Å². The summed E-state index contributed by atoms with van der Waals surface area (Å²) < 4.78 is 0. The van der Waals surface area contributed by atoms with Gasteiger partial charge in [-0.2, -0.15) is 0 Å². The molecule has 0 unspecified atom stereocenters. The minimum atomic E-state index is 1.15. The summed E-state index contributed by atoms with van der Waals surface area (Å²) in [7, 11) is 0. The highest BCUT2D eigenvalue weighted by Crippen LogP contribution is 2.29. The Kier molecular flexibility index (Phi) is 16.8. The van der Waals surface area contributed by atoms with Crippen LogP contribution >= 0.6 is 0 Å². The molecule has 0 radical (unpaired) electrons. The number of fused-ring (bicyclic) bond motifs is 1. The molecule has 1 fully saturated rings. The molecule has 2 nitrogen and oxygen atoms in total. The fourth-order valence-electron chi connectivity index (χ4n) is 2.53. The van der Waals surface area contributed by atoms with Gasteiger partial charge in [-0.3, -0.25) is 4.98 Å². The number of nitrogens with zero attached hydrogens (tertiary/aromatic N) is 2. The Morgan fingerprint density at radius 3 is 1.88 bits per heavy atom. The molecule has 2 aromatic rings. The highest BCUT2D eigenvalue weighted by Gasteiger charge is 2.15. The minimum absolute atomic E-state index is 1.15. The summed E-state index contributed by atoms with van der Waals surface area (Å²) in [4.78, 5) is 6.96. The van der Waals surface area contributed by atoms with Gasteiger partial charge in [0.15, 0.2) is 0 Å². The predicted molar refractivity (Wildman–Crippen MR) is 113 cm³/mol. The van der Waals surface area contributed by atoms with Crippen molar-refractivity contribution in [3.63, 3.8) is 0 Å². The van der Waals surface area contributed by atoms with Crippen molar-refractivity contribution in [1.82, 2.24) is 4.98 Å². The standard InChI is InChI=1S/C14H16N2.4C2H6/c1-11-6-7-13(16-9-2-3-10-16)12-5-4-8-15-14(11)12;4*1-2/h4-8H,2-3,9-10H2,1H3;4*1-2H3. The smallest absolute Gasteiger partial charge is 0.0751 e. The Morgan fingerprint density at radius 2 is 1.33 bits per heavy atom. The summed E-state index contributed by atoms with van der Waals surface area (Å²) in [5.74, 6) is 0. The van der Waals surface area contributed by atoms with Crippen molar-refractivity contribution in [3.8, 4) is 0 Å². The molecule has 24 heavy (non-hydrogen) atoms. The molecule has 1 aromatic heterocycles. The van der Waals surface area contributed by atoms with Crippen molar-refractivity contribution in [3.05, 3.63) is 36.0 Å². The summed E-state index contributed by atoms with van der Waals surface area (Å²) >= 11 is 0. The SMILES string of the molecule is CC.CC.CC.CC.Cc1ccc(N2CCCC2)c2cccnc12. The highest BCUT2D eigenvalue weighted by molar-refractivity contribution is 5.93. The third-order valence-corrected chi connectivity index (χ3v) is 3.40. The van der Waals surface area contributed by atoms with Gasteiger partial charge in [0.25, 0.3) is 0 Å². The topological polar surface area (TPSA) is 16.1 Å². The second-order valence-corrected chi connectivity index (χ2v) is 4.50. The first-order valence-corrected chi connectivity index (χ1v) is 9.95. The third-order valence-electron chi connectivity index (χ3n) is 3.40. The first-order chi connectivity index (χ1) is 11.9. The maximum absolute atomic E-state index is 4.49. The van der Waals surface area contributed by atoms with E-state index < -0.39 is 0 Å². The fraction of sp³-hybridized carbons (Fsp3) is 0.591. The van der Waals surface area contributed by atoms with Crippen molar-refractivity contribution in [2.75, 3.05) is 18.0 Å². The van der Waals surface area contributed by atoms with Gasteiger partial charge in [-0.1, -0.05) is 61.5 Å². The van der Waals surface area contributed by atoms with Gasteiger partial charge in [0.1, 0.15) is 0 Å². The van der Waals surface area contributed by atoms with E-state index in [1.807, 2.05) is 67.7 Å². The number of benzene rings is 1. The van der Waals surface area contributed by atoms with Crippen LogP contribution in [-0.4, -0.2) is 18.1 Å². The molecule has 0 N–H and O–H groups in total. The zero-order valence-corrected chi connectivity index (χ0v) is 17.6. The van der Waals surface area contributed by atoms with Gasteiger partial charge < -0.3 is 4.90 Å². The maximum Gasteiger partial charge on any atom is 0.0751 e. The monoisotopic (exact) mass is 332 g/mol. The van der Waals surface area contributed by atoms with Gasteiger partial charge in [0.05, 0.1) is 5.52 Å². The van der Waals surface area contributed by atoms with Crippen LogP contribution in [0, 0.1) is 6.92 Å². The van der Waals surface area contributed by atoms with E-state index in [4.69, 9.17) is 0 Å². The van der Waals surface area contributed by atoms with E-state index in [9.17, 15) is 0 Å². The number of rotatable bonds is 1. The molecule has 1 saturated heterocycles. The second kappa shape index (κ2) is 16.3. The van der Waals surface area contributed by atoms with Crippen LogP contribution in [-0.2, 0) is 0 Å². The van der Waals surface area contributed by atoms with Crippen LogP contribution in [0.25, 0.3) is 10.9 Å². The van der Waals surface area contributed by atoms with E-state index in [-0.39, 0.29) is 0 Å². The van der Waals surface area contributed by atoms with Crippen LogP contribution in [0.2, 0.25) is 0 Å². The number of aryl methyl sites for hydroxylation is 1. The lowest BCUT2D eigenvalue weighted by Gasteiger charge is -2.20. The highest BCUT2D eigenvalue weighted by atomic mass is 15.1. The molecule has 2 heteroatoms. The van der Waals surface area contributed by atoms with Gasteiger partial charge in [0.2, 0.25) is 0 Å². The van der Waals surface area contributed by atoms with Crippen molar-refractivity contribution in [1.29, 1.82) is 0 Å². The molecular formula is C22H40N2. The van der Waals surface area contributed by atoms with E-state index in [0.717, 1.165) is 5.52 Å². The zero-order chi connectivity index (χ0) is 19.0. The molecule has 1 aliphatic rings.